The molecule has 0 atom stereocenters. The molecule has 0 amide bonds. The third kappa shape index (κ3) is 11.4. The molecule has 106 valence electrons. The Labute approximate surface area is 112 Å². The van der Waals surface area contributed by atoms with Gasteiger partial charge in [-0.15, -0.1) is 0 Å². The van der Waals surface area contributed by atoms with E-state index in [4.69, 9.17) is 0 Å². The second kappa shape index (κ2) is 6.76. The van der Waals surface area contributed by atoms with E-state index >= 15 is 0 Å². The topological polar surface area (TPSA) is 48.8 Å². The second-order valence-electron chi connectivity index (χ2n) is 6.92. The number of hydrogen-bond donors (Lipinski definition) is 2. The van der Waals surface area contributed by atoms with Crippen LogP contribution in [0.5, 0.6) is 0 Å². The van der Waals surface area contributed by atoms with Crippen LogP contribution in [0.2, 0.25) is 0 Å². The average molecular weight is 254 g/mol. The number of nitrogens with zero attached hydrogens (tertiary/aromatic N) is 2. The summed E-state index contributed by atoms with van der Waals surface area (Å²) in [4.78, 5) is 0. The van der Waals surface area contributed by atoms with Crippen molar-refractivity contribution in [1.82, 2.24) is 10.9 Å². The molecule has 4 heteroatoms. The van der Waals surface area contributed by atoms with Gasteiger partial charge in [0.2, 0.25) is 0 Å². The molecule has 0 heterocycles. The third-order valence-corrected chi connectivity index (χ3v) is 2.01. The molecule has 0 saturated carbocycles. The molecule has 0 spiro atoms. The fourth-order valence-corrected chi connectivity index (χ4v) is 1.000. The zero-order valence-electron chi connectivity index (χ0n) is 13.3. The molecule has 0 aromatic carbocycles. The molecule has 0 unspecified atom stereocenters. The minimum absolute atomic E-state index is 0.0260. The van der Waals surface area contributed by atoms with E-state index in [-0.39, 0.29) is 11.1 Å². The van der Waals surface area contributed by atoms with Crippen LogP contribution < -0.4 is 10.9 Å². The fourth-order valence-electron chi connectivity index (χ4n) is 1.000. The molecule has 4 nitrogen and oxygen atoms in total. The van der Waals surface area contributed by atoms with Gasteiger partial charge in [-0.3, -0.25) is 0 Å². The maximum Gasteiger partial charge on any atom is 0.0464 e. The largest absolute Gasteiger partial charge is 0.305 e. The number of hydrazone groups is 2. The van der Waals surface area contributed by atoms with E-state index in [9.17, 15) is 0 Å². The molecule has 0 aliphatic carbocycles. The quantitative estimate of drug-likeness (QED) is 0.584. The summed E-state index contributed by atoms with van der Waals surface area (Å²) in [6.45, 7) is 16.7. The van der Waals surface area contributed by atoms with E-state index in [1.807, 2.05) is 13.8 Å². The zero-order chi connectivity index (χ0) is 14.4. The van der Waals surface area contributed by atoms with E-state index in [1.165, 1.54) is 0 Å². The van der Waals surface area contributed by atoms with Gasteiger partial charge in [0.1, 0.15) is 0 Å². The molecule has 0 saturated heterocycles. The summed E-state index contributed by atoms with van der Waals surface area (Å²) < 4.78 is 0. The van der Waals surface area contributed by atoms with Gasteiger partial charge in [-0.2, -0.15) is 10.2 Å². The number of hydrogen-bond acceptors (Lipinski definition) is 4. The van der Waals surface area contributed by atoms with Crippen molar-refractivity contribution in [1.29, 1.82) is 0 Å². The van der Waals surface area contributed by atoms with Crippen molar-refractivity contribution in [3.8, 4) is 0 Å². The second-order valence-corrected chi connectivity index (χ2v) is 6.92. The first-order valence-corrected chi connectivity index (χ1v) is 6.60. The lowest BCUT2D eigenvalue weighted by Crippen LogP contribution is -2.32. The van der Waals surface area contributed by atoms with E-state index < -0.39 is 0 Å². The summed E-state index contributed by atoms with van der Waals surface area (Å²) >= 11 is 0. The molecule has 2 N–H and O–H groups in total. The number of rotatable bonds is 5. The van der Waals surface area contributed by atoms with Crippen LogP contribution in [-0.2, 0) is 0 Å². The highest BCUT2D eigenvalue weighted by atomic mass is 15.3. The van der Waals surface area contributed by atoms with Crippen LogP contribution in [0.1, 0.15) is 68.2 Å². The van der Waals surface area contributed by atoms with Gasteiger partial charge in [0.25, 0.3) is 0 Å². The molecule has 0 aliphatic heterocycles. The normalized spacial score (nSPS) is 14.7. The van der Waals surface area contributed by atoms with E-state index in [0.29, 0.717) is 0 Å². The third-order valence-electron chi connectivity index (χ3n) is 2.01. The lowest BCUT2D eigenvalue weighted by atomic mass is 10.1. The molecular formula is C14H30N4. The molecule has 0 rings (SSSR count). The molecule has 0 radical (unpaired) electrons. The maximum absolute atomic E-state index is 4.37. The lowest BCUT2D eigenvalue weighted by molar-refractivity contribution is 0.439. The minimum Gasteiger partial charge on any atom is -0.305 e. The molecule has 18 heavy (non-hydrogen) atoms. The predicted octanol–water partition coefficient (Wildman–Crippen LogP) is 3.29. The molecule has 0 aromatic heterocycles. The Balaban J connectivity index is 4.09. The zero-order valence-corrected chi connectivity index (χ0v) is 13.3. The summed E-state index contributed by atoms with van der Waals surface area (Å²) in [7, 11) is 0. The average Bonchev–Trinajstić information content (AvgIpc) is 2.18. The van der Waals surface area contributed by atoms with E-state index in [0.717, 1.165) is 24.3 Å². The smallest absolute Gasteiger partial charge is 0.0464 e. The highest BCUT2D eigenvalue weighted by molar-refractivity contribution is 5.89. The Morgan fingerprint density at radius 3 is 1.22 bits per heavy atom. The Morgan fingerprint density at radius 1 is 0.722 bits per heavy atom. The van der Waals surface area contributed by atoms with Crippen molar-refractivity contribution in [2.24, 2.45) is 10.2 Å². The Morgan fingerprint density at radius 2 is 1.00 bits per heavy atom. The molecular weight excluding hydrogens is 224 g/mol. The van der Waals surface area contributed by atoms with Crippen molar-refractivity contribution in [2.75, 3.05) is 0 Å². The van der Waals surface area contributed by atoms with Crippen LogP contribution in [0.4, 0.5) is 0 Å². The van der Waals surface area contributed by atoms with E-state index in [1.54, 1.807) is 0 Å². The summed E-state index contributed by atoms with van der Waals surface area (Å²) in [5.74, 6) is 0. The maximum atomic E-state index is 4.37. The van der Waals surface area contributed by atoms with Gasteiger partial charge in [0.05, 0.1) is 0 Å². The Hall–Kier alpha value is -1.06. The Bertz CT molecular complexity index is 271. The van der Waals surface area contributed by atoms with Gasteiger partial charge in [0, 0.05) is 22.5 Å². The van der Waals surface area contributed by atoms with Gasteiger partial charge in [-0.25, -0.2) is 0 Å². The molecule has 0 aromatic rings. The van der Waals surface area contributed by atoms with Crippen LogP contribution in [0.15, 0.2) is 10.2 Å². The van der Waals surface area contributed by atoms with Gasteiger partial charge >= 0.3 is 0 Å². The standard InChI is InChI=1S/C14H30N4/c1-11(15-17-13(3,4)5)9-10-12(2)16-18-14(6,7)8/h17-18H,9-10H2,1-8H3. The van der Waals surface area contributed by atoms with Gasteiger partial charge < -0.3 is 10.9 Å². The van der Waals surface area contributed by atoms with Crippen LogP contribution in [0.3, 0.4) is 0 Å². The van der Waals surface area contributed by atoms with Crippen LogP contribution >= 0.6 is 0 Å². The van der Waals surface area contributed by atoms with Crippen molar-refractivity contribution in [3.63, 3.8) is 0 Å². The van der Waals surface area contributed by atoms with Gasteiger partial charge in [0.15, 0.2) is 0 Å². The predicted molar refractivity (Wildman–Crippen MR) is 81.2 cm³/mol. The summed E-state index contributed by atoms with van der Waals surface area (Å²) in [5, 5.41) is 8.74. The molecule has 0 bridgehead atoms. The SMILES string of the molecule is CC(CCC(C)=NNC(C)(C)C)=NNC(C)(C)C. The van der Waals surface area contributed by atoms with Gasteiger partial charge in [-0.05, 0) is 68.2 Å². The van der Waals surface area contributed by atoms with Gasteiger partial charge in [-0.1, -0.05) is 0 Å². The van der Waals surface area contributed by atoms with Crippen LogP contribution in [0, 0.1) is 0 Å². The summed E-state index contributed by atoms with van der Waals surface area (Å²) in [6.07, 6.45) is 1.87. The number of nitrogens with one attached hydrogen (secondary N) is 2. The van der Waals surface area contributed by atoms with Crippen molar-refractivity contribution >= 4 is 11.4 Å². The summed E-state index contributed by atoms with van der Waals surface area (Å²) in [5.41, 5.74) is 8.53. The van der Waals surface area contributed by atoms with Crippen molar-refractivity contribution in [3.05, 3.63) is 0 Å². The first-order valence-electron chi connectivity index (χ1n) is 6.60. The first kappa shape index (κ1) is 16.9. The van der Waals surface area contributed by atoms with Crippen LogP contribution in [-0.4, -0.2) is 22.5 Å². The summed E-state index contributed by atoms with van der Waals surface area (Å²) in [6, 6.07) is 0. The Kier molecular flexibility index (Phi) is 6.36. The van der Waals surface area contributed by atoms with Crippen molar-refractivity contribution in [2.45, 2.75) is 79.3 Å². The highest BCUT2D eigenvalue weighted by Crippen LogP contribution is 2.02. The molecule has 0 fully saturated rings. The highest BCUT2D eigenvalue weighted by Gasteiger charge is 2.08. The minimum atomic E-state index is 0.0260. The first-order chi connectivity index (χ1) is 7.99. The molecule has 0 aliphatic rings. The lowest BCUT2D eigenvalue weighted by Gasteiger charge is -2.19. The fraction of sp³-hybridized carbons (Fsp3) is 0.857. The monoisotopic (exact) mass is 254 g/mol. The van der Waals surface area contributed by atoms with Crippen molar-refractivity contribution < 1.29 is 0 Å². The van der Waals surface area contributed by atoms with Crippen LogP contribution in [0.25, 0.3) is 0 Å². The van der Waals surface area contributed by atoms with E-state index in [2.05, 4.69) is 62.6 Å².